The highest BCUT2D eigenvalue weighted by atomic mass is 15.2. The Morgan fingerprint density at radius 1 is 1.26 bits per heavy atom. The molecular formula is C22H37N5. The molecule has 1 saturated heterocycles. The fraction of sp³-hybridized carbons (Fsp3) is 0.682. The van der Waals surface area contributed by atoms with Crippen LogP contribution in [0.25, 0.3) is 0 Å². The summed E-state index contributed by atoms with van der Waals surface area (Å²) < 4.78 is 0. The van der Waals surface area contributed by atoms with Crippen molar-refractivity contribution in [1.82, 2.24) is 15.5 Å². The predicted molar refractivity (Wildman–Crippen MR) is 116 cm³/mol. The van der Waals surface area contributed by atoms with Crippen LogP contribution in [0.4, 0.5) is 5.69 Å². The first-order valence-corrected chi connectivity index (χ1v) is 10.7. The number of rotatable bonds is 8. The Labute approximate surface area is 165 Å². The second-order valence-electron chi connectivity index (χ2n) is 8.12. The topological polar surface area (TPSA) is 42.9 Å². The monoisotopic (exact) mass is 371 g/mol. The quantitative estimate of drug-likeness (QED) is 0.543. The van der Waals surface area contributed by atoms with Crippen molar-refractivity contribution in [3.8, 4) is 0 Å². The molecule has 27 heavy (non-hydrogen) atoms. The van der Waals surface area contributed by atoms with Gasteiger partial charge in [-0.2, -0.15) is 0 Å². The highest BCUT2D eigenvalue weighted by Gasteiger charge is 2.28. The molecule has 2 N–H and O–H groups in total. The number of nitrogens with one attached hydrogen (secondary N) is 2. The van der Waals surface area contributed by atoms with E-state index in [2.05, 4.69) is 72.5 Å². The smallest absolute Gasteiger partial charge is 0.191 e. The molecule has 0 bridgehead atoms. The third-order valence-corrected chi connectivity index (χ3v) is 5.87. The molecule has 5 nitrogen and oxygen atoms in total. The fourth-order valence-electron chi connectivity index (χ4n) is 3.77. The first-order chi connectivity index (χ1) is 13.1. The number of guanidine groups is 1. The molecule has 0 amide bonds. The second kappa shape index (κ2) is 9.45. The van der Waals surface area contributed by atoms with Crippen molar-refractivity contribution in [2.75, 3.05) is 38.1 Å². The number of hydrogen-bond acceptors (Lipinski definition) is 3. The summed E-state index contributed by atoms with van der Waals surface area (Å²) in [5.74, 6) is 0.910. The third kappa shape index (κ3) is 5.61. The van der Waals surface area contributed by atoms with E-state index in [4.69, 9.17) is 4.99 Å². The maximum Gasteiger partial charge on any atom is 0.191 e. The Hall–Kier alpha value is -1.75. The molecular weight excluding hydrogens is 334 g/mol. The first kappa shape index (κ1) is 20.0. The lowest BCUT2D eigenvalue weighted by atomic mass is 10.1. The molecule has 5 heteroatoms. The summed E-state index contributed by atoms with van der Waals surface area (Å²) in [7, 11) is 2.23. The Bertz CT molecular complexity index is 619. The zero-order valence-corrected chi connectivity index (χ0v) is 17.5. The molecule has 1 aliphatic heterocycles. The van der Waals surface area contributed by atoms with E-state index in [1.165, 1.54) is 50.0 Å². The zero-order valence-electron chi connectivity index (χ0n) is 17.5. The molecule has 0 aromatic heterocycles. The highest BCUT2D eigenvalue weighted by Crippen LogP contribution is 2.27. The molecule has 0 spiro atoms. The van der Waals surface area contributed by atoms with Crippen LogP contribution in [0.3, 0.4) is 0 Å². The van der Waals surface area contributed by atoms with Gasteiger partial charge in [-0.05, 0) is 71.2 Å². The Morgan fingerprint density at radius 3 is 2.67 bits per heavy atom. The van der Waals surface area contributed by atoms with Crippen LogP contribution in [-0.4, -0.2) is 56.2 Å². The van der Waals surface area contributed by atoms with Crippen LogP contribution in [0.15, 0.2) is 29.3 Å². The molecule has 2 unspecified atom stereocenters. The van der Waals surface area contributed by atoms with Gasteiger partial charge in [0.1, 0.15) is 0 Å². The summed E-state index contributed by atoms with van der Waals surface area (Å²) in [5, 5.41) is 7.00. The van der Waals surface area contributed by atoms with Crippen molar-refractivity contribution < 1.29 is 0 Å². The van der Waals surface area contributed by atoms with Gasteiger partial charge in [0.15, 0.2) is 5.96 Å². The molecule has 1 aromatic rings. The van der Waals surface area contributed by atoms with Crippen molar-refractivity contribution >= 4 is 11.6 Å². The average molecular weight is 372 g/mol. The lowest BCUT2D eigenvalue weighted by Crippen LogP contribution is -2.40. The van der Waals surface area contributed by atoms with Crippen molar-refractivity contribution in [3.63, 3.8) is 0 Å². The summed E-state index contributed by atoms with van der Waals surface area (Å²) in [6.45, 7) is 10.7. The number of aliphatic imine (C=N–C) groups is 1. The molecule has 1 heterocycles. The Balaban J connectivity index is 1.61. The van der Waals surface area contributed by atoms with E-state index in [0.29, 0.717) is 6.04 Å². The van der Waals surface area contributed by atoms with Gasteiger partial charge in [0.05, 0.1) is 12.6 Å². The van der Waals surface area contributed by atoms with E-state index in [0.717, 1.165) is 25.1 Å². The van der Waals surface area contributed by atoms with Crippen molar-refractivity contribution in [2.24, 2.45) is 4.99 Å². The third-order valence-electron chi connectivity index (χ3n) is 5.87. The van der Waals surface area contributed by atoms with Crippen LogP contribution >= 0.6 is 0 Å². The summed E-state index contributed by atoms with van der Waals surface area (Å²) in [6.07, 6.45) is 5.30. The first-order valence-electron chi connectivity index (χ1n) is 10.7. The van der Waals surface area contributed by atoms with Crippen molar-refractivity contribution in [2.45, 2.75) is 64.6 Å². The molecule has 1 saturated carbocycles. The highest BCUT2D eigenvalue weighted by molar-refractivity contribution is 5.80. The summed E-state index contributed by atoms with van der Waals surface area (Å²) >= 11 is 0. The number of anilines is 1. The summed E-state index contributed by atoms with van der Waals surface area (Å²) in [5.41, 5.74) is 2.66. The molecule has 1 aromatic carbocycles. The molecule has 3 rings (SSSR count). The van der Waals surface area contributed by atoms with Gasteiger partial charge in [0.2, 0.25) is 0 Å². The van der Waals surface area contributed by atoms with E-state index in [9.17, 15) is 0 Å². The van der Waals surface area contributed by atoms with Crippen LogP contribution in [0.5, 0.6) is 0 Å². The normalized spacial score (nSPS) is 20.0. The van der Waals surface area contributed by atoms with Gasteiger partial charge in [-0.15, -0.1) is 0 Å². The number of hydrogen-bond donors (Lipinski definition) is 2. The summed E-state index contributed by atoms with van der Waals surface area (Å²) in [6, 6.07) is 10.4. The maximum atomic E-state index is 4.85. The number of benzene rings is 1. The maximum absolute atomic E-state index is 4.85. The summed E-state index contributed by atoms with van der Waals surface area (Å²) in [4.78, 5) is 9.81. The lowest BCUT2D eigenvalue weighted by Gasteiger charge is -2.24. The molecule has 2 atom stereocenters. The minimum Gasteiger partial charge on any atom is -0.372 e. The zero-order chi connectivity index (χ0) is 19.2. The lowest BCUT2D eigenvalue weighted by molar-refractivity contribution is 0.253. The minimum atomic E-state index is 0.224. The van der Waals surface area contributed by atoms with Gasteiger partial charge in [0, 0.05) is 37.4 Å². The van der Waals surface area contributed by atoms with Crippen molar-refractivity contribution in [3.05, 3.63) is 29.8 Å². The Morgan fingerprint density at radius 2 is 2.00 bits per heavy atom. The largest absolute Gasteiger partial charge is 0.372 e. The van der Waals surface area contributed by atoms with E-state index in [1.807, 2.05) is 0 Å². The fourth-order valence-corrected chi connectivity index (χ4v) is 3.77. The van der Waals surface area contributed by atoms with Gasteiger partial charge in [-0.1, -0.05) is 12.1 Å². The average Bonchev–Trinajstić information content (AvgIpc) is 3.39. The molecule has 2 aliphatic rings. The second-order valence-corrected chi connectivity index (χ2v) is 8.12. The molecule has 1 aliphatic carbocycles. The van der Waals surface area contributed by atoms with Crippen LogP contribution in [0.1, 0.15) is 58.1 Å². The molecule has 150 valence electrons. The van der Waals surface area contributed by atoms with Gasteiger partial charge >= 0.3 is 0 Å². The standard InChI is InChI=1S/C22H37N5/c1-5-23-22(24-16-17(2)26(4)20-11-12-20)25-18(3)19-9-8-10-21(15-19)27-13-6-7-14-27/h8-10,15,17-18,20H,5-7,11-14,16H2,1-4H3,(H2,23,24,25). The molecule has 0 radical (unpaired) electrons. The van der Waals surface area contributed by atoms with E-state index in [1.54, 1.807) is 0 Å². The van der Waals surface area contributed by atoms with Crippen molar-refractivity contribution in [1.29, 1.82) is 0 Å². The van der Waals surface area contributed by atoms with Gasteiger partial charge in [-0.25, -0.2) is 0 Å². The predicted octanol–water partition coefficient (Wildman–Crippen LogP) is 3.39. The van der Waals surface area contributed by atoms with Crippen LogP contribution in [0.2, 0.25) is 0 Å². The van der Waals surface area contributed by atoms with Gasteiger partial charge in [-0.3, -0.25) is 9.89 Å². The van der Waals surface area contributed by atoms with Gasteiger partial charge in [0.25, 0.3) is 0 Å². The number of likely N-dealkylation sites (N-methyl/N-ethyl adjacent to an activating group) is 1. The minimum absolute atomic E-state index is 0.224. The number of nitrogens with zero attached hydrogens (tertiary/aromatic N) is 3. The van der Waals surface area contributed by atoms with E-state index >= 15 is 0 Å². The van der Waals surface area contributed by atoms with Gasteiger partial charge < -0.3 is 15.5 Å². The Kier molecular flexibility index (Phi) is 7.00. The van der Waals surface area contributed by atoms with Crippen LogP contribution in [-0.2, 0) is 0 Å². The van der Waals surface area contributed by atoms with Crippen LogP contribution in [0, 0.1) is 0 Å². The van der Waals surface area contributed by atoms with E-state index < -0.39 is 0 Å². The SMILES string of the molecule is CCNC(=NCC(C)N(C)C1CC1)NC(C)c1cccc(N2CCCC2)c1. The molecule has 2 fully saturated rings. The van der Waals surface area contributed by atoms with Crippen LogP contribution < -0.4 is 15.5 Å². The van der Waals surface area contributed by atoms with E-state index in [-0.39, 0.29) is 6.04 Å².